The number of carboxylic acid groups (broad SMARTS) is 1. The van der Waals surface area contributed by atoms with Gasteiger partial charge in [0.25, 0.3) is 0 Å². The van der Waals surface area contributed by atoms with Gasteiger partial charge in [0.1, 0.15) is 11.4 Å². The van der Waals surface area contributed by atoms with E-state index in [9.17, 15) is 9.90 Å². The van der Waals surface area contributed by atoms with Crippen LogP contribution >= 0.6 is 0 Å². The number of carbonyl (C=O) groups is 1. The Labute approximate surface area is 128 Å². The molecule has 4 nitrogen and oxygen atoms in total. The molecular formula is C17H28N2O2. The number of aryl methyl sites for hydroxylation is 1. The first-order valence-electron chi connectivity index (χ1n) is 7.76. The summed E-state index contributed by atoms with van der Waals surface area (Å²) in [6, 6.07) is 1.76. The molecule has 0 saturated carbocycles. The average Bonchev–Trinajstić information content (AvgIpc) is 2.37. The molecule has 1 heterocycles. The third kappa shape index (κ3) is 5.37. The van der Waals surface area contributed by atoms with E-state index in [1.807, 2.05) is 6.92 Å². The molecule has 1 aromatic heterocycles. The Kier molecular flexibility index (Phi) is 6.66. The lowest BCUT2D eigenvalue weighted by atomic mass is 10.1. The second-order valence-electron chi connectivity index (χ2n) is 6.48. The fourth-order valence-electron chi connectivity index (χ4n) is 2.20. The van der Waals surface area contributed by atoms with E-state index in [0.29, 0.717) is 23.2 Å². The number of anilines is 1. The smallest absolute Gasteiger partial charge is 0.339 e. The van der Waals surface area contributed by atoms with Gasteiger partial charge in [-0.3, -0.25) is 0 Å². The molecule has 4 heteroatoms. The van der Waals surface area contributed by atoms with Crippen molar-refractivity contribution in [3.63, 3.8) is 0 Å². The Morgan fingerprint density at radius 1 is 1.19 bits per heavy atom. The van der Waals surface area contributed by atoms with Crippen LogP contribution in [0.1, 0.15) is 56.5 Å². The van der Waals surface area contributed by atoms with Crippen LogP contribution in [0, 0.1) is 18.8 Å². The molecule has 0 amide bonds. The van der Waals surface area contributed by atoms with E-state index in [1.54, 1.807) is 12.3 Å². The summed E-state index contributed by atoms with van der Waals surface area (Å²) in [6.45, 7) is 12.3. The molecule has 0 aliphatic heterocycles. The van der Waals surface area contributed by atoms with Crippen LogP contribution in [0.2, 0.25) is 0 Å². The van der Waals surface area contributed by atoms with Crippen LogP contribution in [-0.2, 0) is 0 Å². The molecule has 0 aliphatic rings. The first-order valence-corrected chi connectivity index (χ1v) is 7.76. The first kappa shape index (κ1) is 17.5. The molecule has 0 aromatic carbocycles. The summed E-state index contributed by atoms with van der Waals surface area (Å²) >= 11 is 0. The summed E-state index contributed by atoms with van der Waals surface area (Å²) in [5.41, 5.74) is 1.11. The van der Waals surface area contributed by atoms with Crippen molar-refractivity contribution in [3.8, 4) is 0 Å². The second kappa shape index (κ2) is 8.01. The SMILES string of the molecule is Cc1ccnc(N(CCC(C)C)CCC(C)C)c1C(=O)O. The zero-order valence-corrected chi connectivity index (χ0v) is 13.9. The van der Waals surface area contributed by atoms with Gasteiger partial charge in [-0.2, -0.15) is 0 Å². The van der Waals surface area contributed by atoms with Crippen molar-refractivity contribution in [3.05, 3.63) is 23.4 Å². The zero-order valence-electron chi connectivity index (χ0n) is 13.9. The van der Waals surface area contributed by atoms with E-state index >= 15 is 0 Å². The van der Waals surface area contributed by atoms with E-state index < -0.39 is 5.97 Å². The Morgan fingerprint density at radius 3 is 2.14 bits per heavy atom. The number of rotatable bonds is 8. The van der Waals surface area contributed by atoms with Crippen LogP contribution < -0.4 is 4.90 Å². The van der Waals surface area contributed by atoms with Gasteiger partial charge in [-0.15, -0.1) is 0 Å². The molecule has 1 aromatic rings. The molecule has 1 rings (SSSR count). The van der Waals surface area contributed by atoms with Crippen LogP contribution in [0.15, 0.2) is 12.3 Å². The van der Waals surface area contributed by atoms with E-state index in [1.165, 1.54) is 0 Å². The van der Waals surface area contributed by atoms with E-state index in [2.05, 4.69) is 37.6 Å². The van der Waals surface area contributed by atoms with Crippen molar-refractivity contribution in [2.75, 3.05) is 18.0 Å². The quantitative estimate of drug-likeness (QED) is 0.787. The van der Waals surface area contributed by atoms with Gasteiger partial charge >= 0.3 is 5.97 Å². The predicted molar refractivity (Wildman–Crippen MR) is 87.1 cm³/mol. The fraction of sp³-hybridized carbons (Fsp3) is 0.647. The zero-order chi connectivity index (χ0) is 16.0. The summed E-state index contributed by atoms with van der Waals surface area (Å²) in [6.07, 6.45) is 3.77. The molecule has 118 valence electrons. The van der Waals surface area contributed by atoms with Gasteiger partial charge in [0, 0.05) is 19.3 Å². The van der Waals surface area contributed by atoms with Gasteiger partial charge in [-0.25, -0.2) is 9.78 Å². The van der Waals surface area contributed by atoms with Gasteiger partial charge in [-0.1, -0.05) is 27.7 Å². The number of aromatic carboxylic acids is 1. The third-order valence-electron chi connectivity index (χ3n) is 3.61. The molecule has 0 spiro atoms. The number of aromatic nitrogens is 1. The predicted octanol–water partition coefficient (Wildman–Crippen LogP) is 3.99. The summed E-state index contributed by atoms with van der Waals surface area (Å²) < 4.78 is 0. The summed E-state index contributed by atoms with van der Waals surface area (Å²) in [4.78, 5) is 18.1. The number of pyridine rings is 1. The van der Waals surface area contributed by atoms with E-state index in [0.717, 1.165) is 31.5 Å². The highest BCUT2D eigenvalue weighted by molar-refractivity contribution is 5.94. The third-order valence-corrected chi connectivity index (χ3v) is 3.61. The number of nitrogens with zero attached hydrogens (tertiary/aromatic N) is 2. The van der Waals surface area contributed by atoms with Gasteiger partial charge < -0.3 is 10.0 Å². The van der Waals surface area contributed by atoms with E-state index in [-0.39, 0.29) is 0 Å². The fourth-order valence-corrected chi connectivity index (χ4v) is 2.20. The van der Waals surface area contributed by atoms with Crippen LogP contribution in [0.3, 0.4) is 0 Å². The minimum Gasteiger partial charge on any atom is -0.478 e. The van der Waals surface area contributed by atoms with Crippen molar-refractivity contribution in [1.29, 1.82) is 0 Å². The highest BCUT2D eigenvalue weighted by Gasteiger charge is 2.20. The minimum atomic E-state index is -0.894. The maximum absolute atomic E-state index is 11.6. The van der Waals surface area contributed by atoms with Crippen molar-refractivity contribution in [2.24, 2.45) is 11.8 Å². The molecule has 0 fully saturated rings. The van der Waals surface area contributed by atoms with Gasteiger partial charge in [0.05, 0.1) is 0 Å². The lowest BCUT2D eigenvalue weighted by Gasteiger charge is -2.27. The number of carboxylic acids is 1. The maximum Gasteiger partial charge on any atom is 0.339 e. The lowest BCUT2D eigenvalue weighted by Crippen LogP contribution is -2.30. The maximum atomic E-state index is 11.6. The molecule has 0 radical (unpaired) electrons. The van der Waals surface area contributed by atoms with Crippen LogP contribution in [0.25, 0.3) is 0 Å². The van der Waals surface area contributed by atoms with E-state index in [4.69, 9.17) is 0 Å². The van der Waals surface area contributed by atoms with Crippen molar-refractivity contribution < 1.29 is 9.90 Å². The molecule has 1 N–H and O–H groups in total. The molecule has 21 heavy (non-hydrogen) atoms. The molecular weight excluding hydrogens is 264 g/mol. The minimum absolute atomic E-state index is 0.338. The van der Waals surface area contributed by atoms with Gasteiger partial charge in [0.2, 0.25) is 0 Å². The molecule has 0 aliphatic carbocycles. The van der Waals surface area contributed by atoms with Crippen LogP contribution in [-0.4, -0.2) is 29.1 Å². The van der Waals surface area contributed by atoms with Crippen LogP contribution in [0.5, 0.6) is 0 Å². The summed E-state index contributed by atoms with van der Waals surface area (Å²) in [7, 11) is 0. The second-order valence-corrected chi connectivity index (χ2v) is 6.48. The largest absolute Gasteiger partial charge is 0.478 e. The highest BCUT2D eigenvalue weighted by Crippen LogP contribution is 2.23. The average molecular weight is 292 g/mol. The number of hydrogen-bond donors (Lipinski definition) is 1. The standard InChI is InChI=1S/C17H28N2O2/c1-12(2)7-10-19(11-8-13(3)4)16-15(17(20)21)14(5)6-9-18-16/h6,9,12-13H,7-8,10-11H2,1-5H3,(H,20,21). The summed E-state index contributed by atoms with van der Waals surface area (Å²) in [5.74, 6) is 0.896. The van der Waals surface area contributed by atoms with Gasteiger partial charge in [0.15, 0.2) is 0 Å². The normalized spacial score (nSPS) is 11.2. The molecule has 0 atom stereocenters. The molecule has 0 unspecified atom stereocenters. The Hall–Kier alpha value is -1.58. The number of hydrogen-bond acceptors (Lipinski definition) is 3. The van der Waals surface area contributed by atoms with Crippen LogP contribution in [0.4, 0.5) is 5.82 Å². The van der Waals surface area contributed by atoms with Crippen molar-refractivity contribution >= 4 is 11.8 Å². The topological polar surface area (TPSA) is 53.4 Å². The van der Waals surface area contributed by atoms with Crippen molar-refractivity contribution in [1.82, 2.24) is 4.98 Å². The molecule has 0 bridgehead atoms. The Balaban J connectivity index is 3.06. The monoisotopic (exact) mass is 292 g/mol. The Morgan fingerprint density at radius 2 is 1.71 bits per heavy atom. The highest BCUT2D eigenvalue weighted by atomic mass is 16.4. The van der Waals surface area contributed by atoms with Crippen molar-refractivity contribution in [2.45, 2.75) is 47.5 Å². The summed E-state index contributed by atoms with van der Waals surface area (Å²) in [5, 5.41) is 9.48. The van der Waals surface area contributed by atoms with Gasteiger partial charge in [-0.05, 0) is 43.2 Å². The Bertz CT molecular complexity index is 458. The molecule has 0 saturated heterocycles. The lowest BCUT2D eigenvalue weighted by molar-refractivity contribution is 0.0696. The first-order chi connectivity index (χ1) is 9.82.